The minimum atomic E-state index is -0.273. The maximum atomic E-state index is 12.8. The third-order valence-corrected chi connectivity index (χ3v) is 3.15. The summed E-state index contributed by atoms with van der Waals surface area (Å²) in [6.07, 6.45) is 0.612. The highest BCUT2D eigenvalue weighted by Crippen LogP contribution is 2.16. The van der Waals surface area contributed by atoms with E-state index in [1.165, 1.54) is 12.1 Å². The zero-order chi connectivity index (χ0) is 15.4. The number of nitrogen functional groups attached to an aromatic ring is 2. The van der Waals surface area contributed by atoms with Crippen LogP contribution in [0.5, 0.6) is 0 Å². The Morgan fingerprint density at radius 2 is 1.86 bits per heavy atom. The lowest BCUT2D eigenvalue weighted by molar-refractivity contribution is 0.0941. The molecule has 21 heavy (non-hydrogen) atoms. The van der Waals surface area contributed by atoms with Gasteiger partial charge in [-0.1, -0.05) is 12.1 Å². The van der Waals surface area contributed by atoms with Crippen molar-refractivity contribution >= 4 is 17.3 Å². The maximum absolute atomic E-state index is 12.8. The molecule has 0 fully saturated rings. The minimum Gasteiger partial charge on any atom is -0.399 e. The van der Waals surface area contributed by atoms with Gasteiger partial charge in [-0.3, -0.25) is 4.79 Å². The number of halogens is 1. The molecule has 0 saturated carbocycles. The van der Waals surface area contributed by atoms with Gasteiger partial charge in [-0.15, -0.1) is 0 Å². The van der Waals surface area contributed by atoms with Gasteiger partial charge in [-0.05, 0) is 49.2 Å². The van der Waals surface area contributed by atoms with Gasteiger partial charge >= 0.3 is 0 Å². The molecule has 0 spiro atoms. The summed E-state index contributed by atoms with van der Waals surface area (Å²) >= 11 is 0. The SMILES string of the molecule is CC(Cc1ccc(F)cc1)NC(=O)c1ccc(N)cc1N. The molecule has 5 N–H and O–H groups in total. The Morgan fingerprint density at radius 3 is 2.48 bits per heavy atom. The second-order valence-electron chi connectivity index (χ2n) is 5.05. The smallest absolute Gasteiger partial charge is 0.253 e. The monoisotopic (exact) mass is 287 g/mol. The zero-order valence-corrected chi connectivity index (χ0v) is 11.8. The zero-order valence-electron chi connectivity index (χ0n) is 11.8. The molecule has 1 atom stereocenters. The molecule has 0 bridgehead atoms. The van der Waals surface area contributed by atoms with Crippen LogP contribution in [0, 0.1) is 5.82 Å². The molecule has 110 valence electrons. The lowest BCUT2D eigenvalue weighted by atomic mass is 10.1. The number of carbonyl (C=O) groups is 1. The molecule has 5 heteroatoms. The predicted octanol–water partition coefficient (Wildman–Crippen LogP) is 2.35. The quantitative estimate of drug-likeness (QED) is 0.755. The van der Waals surface area contributed by atoms with E-state index in [0.717, 1.165) is 5.56 Å². The molecule has 2 aromatic carbocycles. The Balaban J connectivity index is 2.00. The number of nitrogens with two attached hydrogens (primary N) is 2. The molecule has 0 aliphatic rings. The second-order valence-corrected chi connectivity index (χ2v) is 5.05. The van der Waals surface area contributed by atoms with Gasteiger partial charge in [-0.25, -0.2) is 4.39 Å². The summed E-state index contributed by atoms with van der Waals surface area (Å²) in [5.74, 6) is -0.521. The fourth-order valence-corrected chi connectivity index (χ4v) is 2.11. The normalized spacial score (nSPS) is 11.9. The van der Waals surface area contributed by atoms with Crippen LogP contribution < -0.4 is 16.8 Å². The van der Waals surface area contributed by atoms with Gasteiger partial charge < -0.3 is 16.8 Å². The van der Waals surface area contributed by atoms with Crippen LogP contribution >= 0.6 is 0 Å². The average Bonchev–Trinajstić information content (AvgIpc) is 2.41. The van der Waals surface area contributed by atoms with Crippen molar-refractivity contribution in [2.24, 2.45) is 0 Å². The van der Waals surface area contributed by atoms with Crippen molar-refractivity contribution < 1.29 is 9.18 Å². The number of benzene rings is 2. The van der Waals surface area contributed by atoms with Crippen LogP contribution in [0.2, 0.25) is 0 Å². The van der Waals surface area contributed by atoms with Crippen LogP contribution in [0.25, 0.3) is 0 Å². The van der Waals surface area contributed by atoms with E-state index in [1.54, 1.807) is 30.3 Å². The van der Waals surface area contributed by atoms with Crippen LogP contribution in [0.4, 0.5) is 15.8 Å². The first-order chi connectivity index (χ1) is 9.95. The van der Waals surface area contributed by atoms with Crippen molar-refractivity contribution in [2.75, 3.05) is 11.5 Å². The average molecular weight is 287 g/mol. The van der Waals surface area contributed by atoms with E-state index in [4.69, 9.17) is 11.5 Å². The van der Waals surface area contributed by atoms with E-state index in [-0.39, 0.29) is 17.8 Å². The van der Waals surface area contributed by atoms with Crippen molar-refractivity contribution in [1.29, 1.82) is 0 Å². The first kappa shape index (κ1) is 14.8. The summed E-state index contributed by atoms with van der Waals surface area (Å²) in [7, 11) is 0. The lowest BCUT2D eigenvalue weighted by Crippen LogP contribution is -2.34. The van der Waals surface area contributed by atoms with E-state index in [1.807, 2.05) is 6.92 Å². The van der Waals surface area contributed by atoms with E-state index < -0.39 is 0 Å². The summed E-state index contributed by atoms with van der Waals surface area (Å²) in [5, 5.41) is 2.87. The van der Waals surface area contributed by atoms with Crippen LogP contribution in [-0.4, -0.2) is 11.9 Å². The Bertz CT molecular complexity index is 640. The number of amides is 1. The third-order valence-electron chi connectivity index (χ3n) is 3.15. The molecular weight excluding hydrogens is 269 g/mol. The van der Waals surface area contributed by atoms with Crippen molar-refractivity contribution in [3.8, 4) is 0 Å². The molecule has 0 aliphatic heterocycles. The molecule has 0 saturated heterocycles. The van der Waals surface area contributed by atoms with Crippen LogP contribution in [-0.2, 0) is 6.42 Å². The number of hydrogen-bond acceptors (Lipinski definition) is 3. The molecule has 0 radical (unpaired) electrons. The van der Waals surface area contributed by atoms with Gasteiger partial charge in [-0.2, -0.15) is 0 Å². The molecule has 1 unspecified atom stereocenters. The van der Waals surface area contributed by atoms with Crippen molar-refractivity contribution in [2.45, 2.75) is 19.4 Å². The summed E-state index contributed by atoms with van der Waals surface area (Å²) in [6, 6.07) is 10.9. The number of anilines is 2. The van der Waals surface area contributed by atoms with Gasteiger partial charge in [0, 0.05) is 17.4 Å². The fourth-order valence-electron chi connectivity index (χ4n) is 2.11. The standard InChI is InChI=1S/C16H18FN3O/c1-10(8-11-2-4-12(17)5-3-11)20-16(21)14-7-6-13(18)9-15(14)19/h2-7,9-10H,8,18-19H2,1H3,(H,20,21). The summed E-state index contributed by atoms with van der Waals surface area (Å²) in [4.78, 5) is 12.1. The van der Waals surface area contributed by atoms with Gasteiger partial charge in [0.15, 0.2) is 0 Å². The highest BCUT2D eigenvalue weighted by atomic mass is 19.1. The number of hydrogen-bond donors (Lipinski definition) is 3. The topological polar surface area (TPSA) is 81.1 Å². The summed E-state index contributed by atoms with van der Waals surface area (Å²) in [6.45, 7) is 1.88. The highest BCUT2D eigenvalue weighted by Gasteiger charge is 2.13. The molecule has 1 amide bonds. The molecule has 2 rings (SSSR count). The predicted molar refractivity (Wildman–Crippen MR) is 82.3 cm³/mol. The fraction of sp³-hybridized carbons (Fsp3) is 0.188. The minimum absolute atomic E-state index is 0.0973. The van der Waals surface area contributed by atoms with Gasteiger partial charge in [0.2, 0.25) is 0 Å². The van der Waals surface area contributed by atoms with Crippen LogP contribution in [0.3, 0.4) is 0 Å². The van der Waals surface area contributed by atoms with Crippen LogP contribution in [0.15, 0.2) is 42.5 Å². The van der Waals surface area contributed by atoms with Crippen molar-refractivity contribution in [1.82, 2.24) is 5.32 Å². The highest BCUT2D eigenvalue weighted by molar-refractivity contribution is 5.99. The second kappa shape index (κ2) is 6.26. The van der Waals surface area contributed by atoms with Crippen molar-refractivity contribution in [3.05, 3.63) is 59.4 Å². The lowest BCUT2D eigenvalue weighted by Gasteiger charge is -2.15. The van der Waals surface area contributed by atoms with Gasteiger partial charge in [0.1, 0.15) is 5.82 Å². The van der Waals surface area contributed by atoms with Gasteiger partial charge in [0.05, 0.1) is 5.56 Å². The first-order valence-electron chi connectivity index (χ1n) is 6.66. The number of nitrogens with one attached hydrogen (secondary N) is 1. The molecule has 0 aliphatic carbocycles. The maximum Gasteiger partial charge on any atom is 0.253 e. The Kier molecular flexibility index (Phi) is 4.42. The number of carbonyl (C=O) groups excluding carboxylic acids is 1. The first-order valence-corrected chi connectivity index (χ1v) is 6.66. The van der Waals surface area contributed by atoms with E-state index in [0.29, 0.717) is 23.4 Å². The molecular formula is C16H18FN3O. The molecule has 0 heterocycles. The summed E-state index contributed by atoms with van der Waals surface area (Å²) in [5.41, 5.74) is 13.6. The Hall–Kier alpha value is -2.56. The number of rotatable bonds is 4. The third kappa shape index (κ3) is 3.95. The van der Waals surface area contributed by atoms with Crippen LogP contribution in [0.1, 0.15) is 22.8 Å². The van der Waals surface area contributed by atoms with E-state index in [9.17, 15) is 9.18 Å². The van der Waals surface area contributed by atoms with Gasteiger partial charge in [0.25, 0.3) is 5.91 Å². The Labute approximate surface area is 123 Å². The summed E-state index contributed by atoms with van der Waals surface area (Å²) < 4.78 is 12.8. The molecule has 4 nitrogen and oxygen atoms in total. The van der Waals surface area contributed by atoms with E-state index in [2.05, 4.69) is 5.32 Å². The largest absolute Gasteiger partial charge is 0.399 e. The molecule has 0 aromatic heterocycles. The molecule has 2 aromatic rings. The Morgan fingerprint density at radius 1 is 1.19 bits per heavy atom. The van der Waals surface area contributed by atoms with E-state index >= 15 is 0 Å². The van der Waals surface area contributed by atoms with Crippen molar-refractivity contribution in [3.63, 3.8) is 0 Å².